The Morgan fingerprint density at radius 2 is 1.50 bits per heavy atom. The number of nitrogens with zero attached hydrogens (tertiary/aromatic N) is 1. The summed E-state index contributed by atoms with van der Waals surface area (Å²) in [5.74, 6) is 0.552. The minimum atomic E-state index is -3.63. The van der Waals surface area contributed by atoms with E-state index in [-0.39, 0.29) is 4.90 Å². The van der Waals surface area contributed by atoms with Gasteiger partial charge in [0.05, 0.1) is 4.90 Å². The van der Waals surface area contributed by atoms with Crippen molar-refractivity contribution in [2.24, 2.45) is 4.99 Å². The standard InChI is InChI=1S/C20H27ClN4O2S/c1-20(2,3)25-28(26,27)18-12-8-6-10-16(18)14-24-19(22-4)23-13-15-9-5-7-11-17(15)21/h5-12,25H,13-14H2,1-4H3,(H2,22,23,24). The van der Waals surface area contributed by atoms with Crippen LogP contribution in [0.25, 0.3) is 0 Å². The van der Waals surface area contributed by atoms with E-state index in [0.717, 1.165) is 5.56 Å². The summed E-state index contributed by atoms with van der Waals surface area (Å²) in [7, 11) is -1.97. The SMILES string of the molecule is CN=C(NCc1ccccc1Cl)NCc1ccccc1S(=O)(=O)NC(C)(C)C. The van der Waals surface area contributed by atoms with E-state index < -0.39 is 15.6 Å². The Bertz CT molecular complexity index is 937. The maximum atomic E-state index is 12.7. The number of aliphatic imine (C=N–C) groups is 1. The van der Waals surface area contributed by atoms with Crippen LogP contribution < -0.4 is 15.4 Å². The zero-order valence-corrected chi connectivity index (χ0v) is 18.2. The Kier molecular flexibility index (Phi) is 7.46. The summed E-state index contributed by atoms with van der Waals surface area (Å²) in [4.78, 5) is 4.43. The van der Waals surface area contributed by atoms with Crippen LogP contribution in [0.3, 0.4) is 0 Å². The van der Waals surface area contributed by atoms with Crippen LogP contribution >= 0.6 is 11.6 Å². The fraction of sp³-hybridized carbons (Fsp3) is 0.350. The molecule has 0 saturated carbocycles. The lowest BCUT2D eigenvalue weighted by molar-refractivity contribution is 0.491. The van der Waals surface area contributed by atoms with E-state index in [1.807, 2.05) is 51.1 Å². The van der Waals surface area contributed by atoms with Gasteiger partial charge in [-0.15, -0.1) is 0 Å². The molecule has 0 aliphatic rings. The van der Waals surface area contributed by atoms with Crippen molar-refractivity contribution < 1.29 is 8.42 Å². The van der Waals surface area contributed by atoms with Crippen molar-refractivity contribution in [3.05, 3.63) is 64.7 Å². The molecule has 8 heteroatoms. The van der Waals surface area contributed by atoms with Crippen LogP contribution in [-0.2, 0) is 23.1 Å². The minimum absolute atomic E-state index is 0.249. The third kappa shape index (κ3) is 6.51. The molecule has 0 fully saturated rings. The second-order valence-corrected chi connectivity index (χ2v) is 9.39. The smallest absolute Gasteiger partial charge is 0.241 e. The molecule has 0 spiro atoms. The first-order chi connectivity index (χ1) is 13.1. The molecule has 0 amide bonds. The first-order valence-electron chi connectivity index (χ1n) is 8.92. The van der Waals surface area contributed by atoms with Gasteiger partial charge in [-0.25, -0.2) is 13.1 Å². The molecule has 6 nitrogen and oxygen atoms in total. The van der Waals surface area contributed by atoms with E-state index in [0.29, 0.717) is 29.6 Å². The molecule has 0 heterocycles. The molecule has 0 aromatic heterocycles. The normalized spacial score (nSPS) is 12.7. The van der Waals surface area contributed by atoms with E-state index >= 15 is 0 Å². The molecule has 28 heavy (non-hydrogen) atoms. The Labute approximate surface area is 172 Å². The van der Waals surface area contributed by atoms with Crippen LogP contribution in [0.15, 0.2) is 58.4 Å². The third-order valence-corrected chi connectivity index (χ3v) is 6.00. The molecule has 0 atom stereocenters. The zero-order valence-electron chi connectivity index (χ0n) is 16.6. The van der Waals surface area contributed by atoms with E-state index in [4.69, 9.17) is 11.6 Å². The van der Waals surface area contributed by atoms with Gasteiger partial charge in [-0.2, -0.15) is 0 Å². The van der Waals surface area contributed by atoms with Gasteiger partial charge in [-0.05, 0) is 44.0 Å². The third-order valence-electron chi connectivity index (χ3n) is 3.78. The van der Waals surface area contributed by atoms with Crippen LogP contribution in [0.4, 0.5) is 0 Å². The summed E-state index contributed by atoms with van der Waals surface area (Å²) >= 11 is 6.17. The van der Waals surface area contributed by atoms with Crippen LogP contribution in [-0.4, -0.2) is 27.0 Å². The van der Waals surface area contributed by atoms with Crippen molar-refractivity contribution in [2.75, 3.05) is 7.05 Å². The molecule has 2 aromatic rings. The van der Waals surface area contributed by atoms with Gasteiger partial charge in [-0.3, -0.25) is 4.99 Å². The van der Waals surface area contributed by atoms with Gasteiger partial charge < -0.3 is 10.6 Å². The Hall–Kier alpha value is -2.09. The summed E-state index contributed by atoms with van der Waals surface area (Å²) in [5, 5.41) is 7.01. The van der Waals surface area contributed by atoms with Gasteiger partial charge in [-0.1, -0.05) is 48.0 Å². The Morgan fingerprint density at radius 3 is 2.07 bits per heavy atom. The van der Waals surface area contributed by atoms with Crippen LogP contribution in [0.5, 0.6) is 0 Å². The number of sulfonamides is 1. The summed E-state index contributed by atoms with van der Waals surface area (Å²) in [6, 6.07) is 14.5. The molecule has 0 aliphatic carbocycles. The van der Waals surface area contributed by atoms with Crippen molar-refractivity contribution in [3.63, 3.8) is 0 Å². The summed E-state index contributed by atoms with van der Waals surface area (Å²) < 4.78 is 28.2. The van der Waals surface area contributed by atoms with Gasteiger partial charge in [0.2, 0.25) is 10.0 Å². The highest BCUT2D eigenvalue weighted by molar-refractivity contribution is 7.89. The van der Waals surface area contributed by atoms with Crippen molar-refractivity contribution in [2.45, 2.75) is 44.3 Å². The Morgan fingerprint density at radius 1 is 0.964 bits per heavy atom. The van der Waals surface area contributed by atoms with Crippen molar-refractivity contribution in [1.82, 2.24) is 15.4 Å². The fourth-order valence-electron chi connectivity index (χ4n) is 2.59. The number of rotatable bonds is 6. The lowest BCUT2D eigenvalue weighted by atomic mass is 10.1. The highest BCUT2D eigenvalue weighted by Crippen LogP contribution is 2.18. The fourth-order valence-corrected chi connectivity index (χ4v) is 4.45. The lowest BCUT2D eigenvalue weighted by Gasteiger charge is -2.22. The molecular weight excluding hydrogens is 396 g/mol. The van der Waals surface area contributed by atoms with Crippen LogP contribution in [0.1, 0.15) is 31.9 Å². The quantitative estimate of drug-likeness (QED) is 0.492. The van der Waals surface area contributed by atoms with E-state index in [2.05, 4.69) is 20.3 Å². The number of hydrogen-bond donors (Lipinski definition) is 3. The maximum Gasteiger partial charge on any atom is 0.241 e. The van der Waals surface area contributed by atoms with Crippen LogP contribution in [0, 0.1) is 0 Å². The van der Waals surface area contributed by atoms with Crippen molar-refractivity contribution >= 4 is 27.6 Å². The number of benzene rings is 2. The maximum absolute atomic E-state index is 12.7. The average Bonchev–Trinajstić information content (AvgIpc) is 2.61. The molecule has 0 bridgehead atoms. The number of guanidine groups is 1. The van der Waals surface area contributed by atoms with Crippen molar-refractivity contribution in [3.8, 4) is 0 Å². The van der Waals surface area contributed by atoms with E-state index in [9.17, 15) is 8.42 Å². The first-order valence-corrected chi connectivity index (χ1v) is 10.8. The van der Waals surface area contributed by atoms with Gasteiger partial charge >= 0.3 is 0 Å². The van der Waals surface area contributed by atoms with Crippen LogP contribution in [0.2, 0.25) is 5.02 Å². The van der Waals surface area contributed by atoms with Crippen molar-refractivity contribution in [1.29, 1.82) is 0 Å². The number of halogens is 1. The Balaban J connectivity index is 2.08. The molecule has 0 saturated heterocycles. The molecule has 0 unspecified atom stereocenters. The summed E-state index contributed by atoms with van der Waals surface area (Å²) in [6.45, 7) is 6.25. The predicted molar refractivity (Wildman–Crippen MR) is 115 cm³/mol. The lowest BCUT2D eigenvalue weighted by Crippen LogP contribution is -2.41. The monoisotopic (exact) mass is 422 g/mol. The molecule has 3 N–H and O–H groups in total. The van der Waals surface area contributed by atoms with Gasteiger partial charge in [0.15, 0.2) is 5.96 Å². The highest BCUT2D eigenvalue weighted by atomic mass is 35.5. The topological polar surface area (TPSA) is 82.6 Å². The summed E-state index contributed by atoms with van der Waals surface area (Å²) in [6.07, 6.45) is 0. The highest BCUT2D eigenvalue weighted by Gasteiger charge is 2.24. The summed E-state index contributed by atoms with van der Waals surface area (Å²) in [5.41, 5.74) is 1.04. The number of hydrogen-bond acceptors (Lipinski definition) is 3. The second kappa shape index (κ2) is 9.41. The zero-order chi connectivity index (χ0) is 20.8. The van der Waals surface area contributed by atoms with Gasteiger partial charge in [0.1, 0.15) is 0 Å². The molecule has 152 valence electrons. The molecule has 2 aromatic carbocycles. The molecule has 0 aliphatic heterocycles. The van der Waals surface area contributed by atoms with Gasteiger partial charge in [0, 0.05) is 30.7 Å². The average molecular weight is 423 g/mol. The largest absolute Gasteiger partial charge is 0.352 e. The molecular formula is C20H27ClN4O2S. The second-order valence-electron chi connectivity index (χ2n) is 7.33. The minimum Gasteiger partial charge on any atom is -0.352 e. The van der Waals surface area contributed by atoms with E-state index in [1.165, 1.54) is 0 Å². The first kappa shape index (κ1) is 22.2. The predicted octanol–water partition coefficient (Wildman–Crippen LogP) is 3.28. The molecule has 2 rings (SSSR count). The molecule has 0 radical (unpaired) electrons. The van der Waals surface area contributed by atoms with E-state index in [1.54, 1.807) is 25.2 Å². The van der Waals surface area contributed by atoms with Gasteiger partial charge in [0.25, 0.3) is 0 Å². The number of nitrogens with one attached hydrogen (secondary N) is 3.